The summed E-state index contributed by atoms with van der Waals surface area (Å²) in [6, 6.07) is 2.45. The Kier molecular flexibility index (Phi) is 2.36. The first-order chi connectivity index (χ1) is 6.25. The molecule has 2 nitrogen and oxygen atoms in total. The van der Waals surface area contributed by atoms with E-state index in [0.29, 0.717) is 18.4 Å². The van der Waals surface area contributed by atoms with Gasteiger partial charge >= 0.3 is 0 Å². The molecule has 0 saturated heterocycles. The maximum Gasteiger partial charge on any atom is 0.224 e. The van der Waals surface area contributed by atoms with Crippen LogP contribution in [0.2, 0.25) is 0 Å². The number of carbonyl (C=O) groups excluding carboxylic acids is 1. The summed E-state index contributed by atoms with van der Waals surface area (Å²) < 4.78 is 0. The van der Waals surface area contributed by atoms with E-state index in [1.165, 1.54) is 0 Å². The van der Waals surface area contributed by atoms with Crippen LogP contribution in [0.4, 0.5) is 0 Å². The van der Waals surface area contributed by atoms with Crippen molar-refractivity contribution in [3.63, 3.8) is 0 Å². The summed E-state index contributed by atoms with van der Waals surface area (Å²) in [5, 5.41) is 7.03. The molecular formula is C10H13NOS. The van der Waals surface area contributed by atoms with Crippen molar-refractivity contribution >= 4 is 17.2 Å². The molecule has 0 spiro atoms. The van der Waals surface area contributed by atoms with Gasteiger partial charge in [-0.15, -0.1) is 0 Å². The Hall–Kier alpha value is -0.830. The van der Waals surface area contributed by atoms with Gasteiger partial charge in [-0.25, -0.2) is 0 Å². The molecule has 1 amide bonds. The molecular weight excluding hydrogens is 182 g/mol. The Morgan fingerprint density at radius 2 is 2.54 bits per heavy atom. The molecule has 2 atom stereocenters. The lowest BCUT2D eigenvalue weighted by Crippen LogP contribution is -2.27. The second-order valence-electron chi connectivity index (χ2n) is 3.70. The quantitative estimate of drug-likeness (QED) is 0.783. The molecule has 1 aromatic rings. The average Bonchev–Trinajstić information content (AvgIpc) is 2.61. The van der Waals surface area contributed by atoms with E-state index in [1.54, 1.807) is 11.3 Å². The molecule has 2 rings (SSSR count). The second-order valence-corrected chi connectivity index (χ2v) is 4.48. The number of hydrogen-bond acceptors (Lipinski definition) is 2. The fourth-order valence-corrected chi connectivity index (χ4v) is 2.03. The smallest absolute Gasteiger partial charge is 0.224 e. The minimum absolute atomic E-state index is 0.160. The van der Waals surface area contributed by atoms with Gasteiger partial charge in [0.15, 0.2) is 0 Å². The van der Waals surface area contributed by atoms with E-state index in [4.69, 9.17) is 0 Å². The van der Waals surface area contributed by atoms with Gasteiger partial charge in [0, 0.05) is 6.04 Å². The Bertz CT molecular complexity index is 294. The van der Waals surface area contributed by atoms with Gasteiger partial charge in [-0.3, -0.25) is 4.79 Å². The summed E-state index contributed by atoms with van der Waals surface area (Å²) in [6.07, 6.45) is 1.68. The van der Waals surface area contributed by atoms with Gasteiger partial charge in [-0.2, -0.15) is 11.3 Å². The number of nitrogens with one attached hydrogen (secondary N) is 1. The molecule has 1 aliphatic carbocycles. The van der Waals surface area contributed by atoms with Crippen molar-refractivity contribution in [1.82, 2.24) is 5.32 Å². The van der Waals surface area contributed by atoms with Crippen LogP contribution in [-0.2, 0) is 11.2 Å². The molecule has 0 radical (unpaired) electrons. The summed E-state index contributed by atoms with van der Waals surface area (Å²) in [6.45, 7) is 2.16. The highest BCUT2D eigenvalue weighted by atomic mass is 32.1. The van der Waals surface area contributed by atoms with E-state index in [-0.39, 0.29) is 5.91 Å². The van der Waals surface area contributed by atoms with Crippen LogP contribution in [0, 0.1) is 5.92 Å². The van der Waals surface area contributed by atoms with Crippen molar-refractivity contribution in [3.8, 4) is 0 Å². The molecule has 1 heterocycles. The van der Waals surface area contributed by atoms with E-state index >= 15 is 0 Å². The number of rotatable bonds is 3. The lowest BCUT2D eigenvalue weighted by molar-refractivity contribution is -0.120. The lowest BCUT2D eigenvalue weighted by Gasteiger charge is -2.01. The van der Waals surface area contributed by atoms with Crippen molar-refractivity contribution in [3.05, 3.63) is 22.4 Å². The van der Waals surface area contributed by atoms with Crippen molar-refractivity contribution in [2.45, 2.75) is 25.8 Å². The molecule has 0 aliphatic heterocycles. The monoisotopic (exact) mass is 195 g/mol. The van der Waals surface area contributed by atoms with Gasteiger partial charge in [0.25, 0.3) is 0 Å². The summed E-state index contributed by atoms with van der Waals surface area (Å²) in [7, 11) is 0. The van der Waals surface area contributed by atoms with Crippen molar-refractivity contribution in [2.24, 2.45) is 5.92 Å². The van der Waals surface area contributed by atoms with Gasteiger partial charge < -0.3 is 5.32 Å². The SMILES string of the molecule is CC1CC1NC(=O)Cc1ccsc1. The zero-order valence-electron chi connectivity index (χ0n) is 7.62. The van der Waals surface area contributed by atoms with Gasteiger partial charge in [0.2, 0.25) is 5.91 Å². The number of hydrogen-bond donors (Lipinski definition) is 1. The Labute approximate surface area is 82.0 Å². The van der Waals surface area contributed by atoms with Crippen LogP contribution in [0.25, 0.3) is 0 Å². The van der Waals surface area contributed by atoms with Crippen molar-refractivity contribution in [1.29, 1.82) is 0 Å². The van der Waals surface area contributed by atoms with Crippen LogP contribution in [0.15, 0.2) is 16.8 Å². The highest BCUT2D eigenvalue weighted by molar-refractivity contribution is 7.07. The van der Waals surface area contributed by atoms with E-state index < -0.39 is 0 Å². The van der Waals surface area contributed by atoms with Gasteiger partial charge in [-0.1, -0.05) is 6.92 Å². The normalized spacial score (nSPS) is 25.6. The Morgan fingerprint density at radius 3 is 3.08 bits per heavy atom. The number of carbonyl (C=O) groups is 1. The molecule has 2 unspecified atom stereocenters. The van der Waals surface area contributed by atoms with E-state index in [1.807, 2.05) is 16.8 Å². The first kappa shape index (κ1) is 8.75. The molecule has 0 bridgehead atoms. The van der Waals surface area contributed by atoms with Gasteiger partial charge in [0.05, 0.1) is 6.42 Å². The Balaban J connectivity index is 1.79. The number of thiophene rings is 1. The third-order valence-corrected chi connectivity index (χ3v) is 3.13. The first-order valence-corrected chi connectivity index (χ1v) is 5.50. The third kappa shape index (κ3) is 2.31. The third-order valence-electron chi connectivity index (χ3n) is 2.40. The molecule has 1 aliphatic rings. The van der Waals surface area contributed by atoms with Crippen LogP contribution in [0.5, 0.6) is 0 Å². The summed E-state index contributed by atoms with van der Waals surface area (Å²) >= 11 is 1.64. The maximum absolute atomic E-state index is 11.4. The molecule has 13 heavy (non-hydrogen) atoms. The van der Waals surface area contributed by atoms with Gasteiger partial charge in [-0.05, 0) is 34.7 Å². The van der Waals surface area contributed by atoms with Crippen LogP contribution in [-0.4, -0.2) is 11.9 Å². The van der Waals surface area contributed by atoms with Crippen LogP contribution < -0.4 is 5.32 Å². The summed E-state index contributed by atoms with van der Waals surface area (Å²) in [5.74, 6) is 0.846. The fourth-order valence-electron chi connectivity index (χ4n) is 1.36. The molecule has 1 fully saturated rings. The highest BCUT2D eigenvalue weighted by Crippen LogP contribution is 2.28. The molecule has 0 aromatic carbocycles. The molecule has 70 valence electrons. The molecule has 3 heteroatoms. The average molecular weight is 195 g/mol. The van der Waals surface area contributed by atoms with Crippen molar-refractivity contribution < 1.29 is 4.79 Å². The van der Waals surface area contributed by atoms with Crippen LogP contribution in [0.3, 0.4) is 0 Å². The maximum atomic E-state index is 11.4. The minimum Gasteiger partial charge on any atom is -0.353 e. The highest BCUT2D eigenvalue weighted by Gasteiger charge is 2.33. The first-order valence-electron chi connectivity index (χ1n) is 4.56. The largest absolute Gasteiger partial charge is 0.353 e. The summed E-state index contributed by atoms with van der Waals surface area (Å²) in [4.78, 5) is 11.4. The topological polar surface area (TPSA) is 29.1 Å². The van der Waals surface area contributed by atoms with E-state index in [2.05, 4.69) is 12.2 Å². The Morgan fingerprint density at radius 1 is 1.77 bits per heavy atom. The lowest BCUT2D eigenvalue weighted by atomic mass is 10.2. The zero-order valence-corrected chi connectivity index (χ0v) is 8.43. The zero-order chi connectivity index (χ0) is 9.26. The van der Waals surface area contributed by atoms with Crippen LogP contribution >= 0.6 is 11.3 Å². The fraction of sp³-hybridized carbons (Fsp3) is 0.500. The van der Waals surface area contributed by atoms with Crippen molar-refractivity contribution in [2.75, 3.05) is 0 Å². The number of amides is 1. The molecule has 1 aromatic heterocycles. The molecule has 1 saturated carbocycles. The summed E-state index contributed by atoms with van der Waals surface area (Å²) in [5.41, 5.74) is 1.12. The van der Waals surface area contributed by atoms with Gasteiger partial charge in [0.1, 0.15) is 0 Å². The predicted molar refractivity (Wildman–Crippen MR) is 53.7 cm³/mol. The predicted octanol–water partition coefficient (Wildman–Crippen LogP) is 1.82. The minimum atomic E-state index is 0.160. The standard InChI is InChI=1S/C10H13NOS/c1-7-4-9(7)11-10(12)5-8-2-3-13-6-8/h2-3,6-7,9H,4-5H2,1H3,(H,11,12). The second kappa shape index (κ2) is 3.50. The van der Waals surface area contributed by atoms with E-state index in [0.717, 1.165) is 12.0 Å². The van der Waals surface area contributed by atoms with Crippen LogP contribution in [0.1, 0.15) is 18.9 Å². The molecule has 1 N–H and O–H groups in total. The van der Waals surface area contributed by atoms with E-state index in [9.17, 15) is 4.79 Å².